The molecule has 1 N–H and O–H groups in total. The van der Waals surface area contributed by atoms with Gasteiger partial charge in [0.25, 0.3) is 0 Å². The van der Waals surface area contributed by atoms with E-state index in [2.05, 4.69) is 36.4 Å². The van der Waals surface area contributed by atoms with Gasteiger partial charge in [-0.2, -0.15) is 5.10 Å². The third kappa shape index (κ3) is 4.79. The van der Waals surface area contributed by atoms with E-state index in [-0.39, 0.29) is 11.7 Å². The van der Waals surface area contributed by atoms with Crippen molar-refractivity contribution in [2.75, 3.05) is 5.32 Å². The Morgan fingerprint density at radius 2 is 1.69 bits per heavy atom. The van der Waals surface area contributed by atoms with Crippen LogP contribution in [0.25, 0.3) is 0 Å². The van der Waals surface area contributed by atoms with E-state index in [1.54, 1.807) is 29.1 Å². The zero-order chi connectivity index (χ0) is 18.5. The molecule has 0 atom stereocenters. The highest BCUT2D eigenvalue weighted by Gasteiger charge is 2.07. The quantitative estimate of drug-likeness (QED) is 0.717. The van der Waals surface area contributed by atoms with E-state index in [1.165, 1.54) is 17.7 Å². The molecule has 0 aliphatic heterocycles. The van der Waals surface area contributed by atoms with Crippen LogP contribution < -0.4 is 5.32 Å². The molecule has 1 aromatic heterocycles. The molecule has 0 bridgehead atoms. The van der Waals surface area contributed by atoms with E-state index in [1.807, 2.05) is 12.1 Å². The molecule has 1 amide bonds. The van der Waals surface area contributed by atoms with Crippen LogP contribution in [-0.2, 0) is 17.8 Å². The first-order chi connectivity index (χ1) is 12.5. The number of carbonyl (C=O) groups is 1. The fourth-order valence-electron chi connectivity index (χ4n) is 2.69. The predicted molar refractivity (Wildman–Crippen MR) is 101 cm³/mol. The van der Waals surface area contributed by atoms with Gasteiger partial charge in [0.1, 0.15) is 5.82 Å². The van der Waals surface area contributed by atoms with E-state index in [9.17, 15) is 9.18 Å². The molecule has 3 rings (SSSR count). The van der Waals surface area contributed by atoms with Crippen molar-refractivity contribution in [2.24, 2.45) is 0 Å². The molecule has 0 unspecified atom stereocenters. The summed E-state index contributed by atoms with van der Waals surface area (Å²) < 4.78 is 14.7. The standard InChI is InChI=1S/C21H22FN3O/c1-15(2)18-7-3-16(4-8-18)13-21(26)23-20-11-12-25(24-20)14-17-5-9-19(22)10-6-17/h3-12,15H,13-14H2,1-2H3,(H,23,24,26). The third-order valence-electron chi connectivity index (χ3n) is 4.18. The molecule has 0 radical (unpaired) electrons. The van der Waals surface area contributed by atoms with E-state index in [4.69, 9.17) is 0 Å². The van der Waals surface area contributed by atoms with Crippen molar-refractivity contribution < 1.29 is 9.18 Å². The molecule has 0 spiro atoms. The Hall–Kier alpha value is -2.95. The first-order valence-corrected chi connectivity index (χ1v) is 8.66. The maximum absolute atomic E-state index is 12.9. The molecule has 1 heterocycles. The molecule has 0 saturated carbocycles. The second kappa shape index (κ2) is 7.95. The molecule has 5 heteroatoms. The normalized spacial score (nSPS) is 10.9. The summed E-state index contributed by atoms with van der Waals surface area (Å²) in [5, 5.41) is 7.15. The smallest absolute Gasteiger partial charge is 0.229 e. The van der Waals surface area contributed by atoms with Crippen LogP contribution in [0.15, 0.2) is 60.8 Å². The van der Waals surface area contributed by atoms with Gasteiger partial charge in [-0.3, -0.25) is 9.48 Å². The number of halogens is 1. The average Bonchev–Trinajstić information content (AvgIpc) is 3.04. The summed E-state index contributed by atoms with van der Waals surface area (Å²) in [6.45, 7) is 4.81. The number of aromatic nitrogens is 2. The van der Waals surface area contributed by atoms with Crippen LogP contribution in [0.2, 0.25) is 0 Å². The lowest BCUT2D eigenvalue weighted by Gasteiger charge is -2.07. The van der Waals surface area contributed by atoms with E-state index in [0.29, 0.717) is 24.7 Å². The maximum atomic E-state index is 12.9. The van der Waals surface area contributed by atoms with Crippen LogP contribution in [0, 0.1) is 5.82 Å². The van der Waals surface area contributed by atoms with Crippen molar-refractivity contribution >= 4 is 11.7 Å². The molecule has 0 saturated heterocycles. The second-order valence-electron chi connectivity index (χ2n) is 6.65. The molecule has 134 valence electrons. The molecule has 4 nitrogen and oxygen atoms in total. The van der Waals surface area contributed by atoms with Crippen molar-refractivity contribution in [3.05, 3.63) is 83.3 Å². The minimum absolute atomic E-state index is 0.102. The highest BCUT2D eigenvalue weighted by Crippen LogP contribution is 2.15. The van der Waals surface area contributed by atoms with Crippen LogP contribution in [0.4, 0.5) is 10.2 Å². The van der Waals surface area contributed by atoms with Crippen LogP contribution in [-0.4, -0.2) is 15.7 Å². The van der Waals surface area contributed by atoms with Gasteiger partial charge in [0.2, 0.25) is 5.91 Å². The van der Waals surface area contributed by atoms with Gasteiger partial charge in [-0.1, -0.05) is 50.2 Å². The molecule has 3 aromatic rings. The lowest BCUT2D eigenvalue weighted by atomic mass is 10.0. The Morgan fingerprint density at radius 1 is 1.04 bits per heavy atom. The van der Waals surface area contributed by atoms with E-state index in [0.717, 1.165) is 11.1 Å². The maximum Gasteiger partial charge on any atom is 0.229 e. The number of hydrogen-bond acceptors (Lipinski definition) is 2. The van der Waals surface area contributed by atoms with Crippen LogP contribution in [0.1, 0.15) is 36.5 Å². The first-order valence-electron chi connectivity index (χ1n) is 8.66. The Labute approximate surface area is 152 Å². The van der Waals surface area contributed by atoms with Gasteiger partial charge < -0.3 is 5.32 Å². The monoisotopic (exact) mass is 351 g/mol. The minimum Gasteiger partial charge on any atom is -0.309 e. The molecule has 26 heavy (non-hydrogen) atoms. The number of hydrogen-bond donors (Lipinski definition) is 1. The first kappa shape index (κ1) is 17.9. The van der Waals surface area contributed by atoms with E-state index < -0.39 is 0 Å². The van der Waals surface area contributed by atoms with Gasteiger partial charge in [0, 0.05) is 12.3 Å². The number of amides is 1. The number of rotatable bonds is 6. The summed E-state index contributed by atoms with van der Waals surface area (Å²) >= 11 is 0. The Morgan fingerprint density at radius 3 is 2.35 bits per heavy atom. The molecule has 0 aliphatic rings. The van der Waals surface area contributed by atoms with Gasteiger partial charge in [0.05, 0.1) is 13.0 Å². The molecule has 2 aromatic carbocycles. The number of carbonyl (C=O) groups excluding carboxylic acids is 1. The van der Waals surface area contributed by atoms with Crippen LogP contribution >= 0.6 is 0 Å². The summed E-state index contributed by atoms with van der Waals surface area (Å²) in [4.78, 5) is 12.2. The zero-order valence-corrected chi connectivity index (χ0v) is 14.9. The van der Waals surface area contributed by atoms with Gasteiger partial charge >= 0.3 is 0 Å². The van der Waals surface area contributed by atoms with Gasteiger partial charge in [-0.15, -0.1) is 0 Å². The number of benzene rings is 2. The Kier molecular flexibility index (Phi) is 5.46. The summed E-state index contributed by atoms with van der Waals surface area (Å²) in [5.74, 6) is 0.622. The SMILES string of the molecule is CC(C)c1ccc(CC(=O)Nc2ccn(Cc3ccc(F)cc3)n2)cc1. The lowest BCUT2D eigenvalue weighted by Crippen LogP contribution is -2.15. The Balaban J connectivity index is 1.56. The molecular formula is C21H22FN3O. The summed E-state index contributed by atoms with van der Waals surface area (Å²) in [7, 11) is 0. The fraction of sp³-hybridized carbons (Fsp3) is 0.238. The highest BCUT2D eigenvalue weighted by atomic mass is 19.1. The molecular weight excluding hydrogens is 329 g/mol. The minimum atomic E-state index is -0.261. The average molecular weight is 351 g/mol. The van der Waals surface area contributed by atoms with Crippen LogP contribution in [0.3, 0.4) is 0 Å². The predicted octanol–water partition coefficient (Wildman–Crippen LogP) is 4.38. The highest BCUT2D eigenvalue weighted by molar-refractivity contribution is 5.91. The lowest BCUT2D eigenvalue weighted by molar-refractivity contribution is -0.115. The number of nitrogens with one attached hydrogen (secondary N) is 1. The van der Waals surface area contributed by atoms with E-state index >= 15 is 0 Å². The summed E-state index contributed by atoms with van der Waals surface area (Å²) in [6.07, 6.45) is 2.10. The van der Waals surface area contributed by atoms with Crippen molar-refractivity contribution in [3.63, 3.8) is 0 Å². The summed E-state index contributed by atoms with van der Waals surface area (Å²) in [5.41, 5.74) is 3.17. The molecule has 0 fully saturated rings. The topological polar surface area (TPSA) is 46.9 Å². The van der Waals surface area contributed by atoms with Crippen molar-refractivity contribution in [2.45, 2.75) is 32.7 Å². The fourth-order valence-corrected chi connectivity index (χ4v) is 2.69. The molecule has 0 aliphatic carbocycles. The largest absolute Gasteiger partial charge is 0.309 e. The van der Waals surface area contributed by atoms with Crippen molar-refractivity contribution in [3.8, 4) is 0 Å². The Bertz CT molecular complexity index is 867. The van der Waals surface area contributed by atoms with Crippen LogP contribution in [0.5, 0.6) is 0 Å². The number of anilines is 1. The number of nitrogens with zero attached hydrogens (tertiary/aromatic N) is 2. The van der Waals surface area contributed by atoms with Gasteiger partial charge in [-0.25, -0.2) is 4.39 Å². The van der Waals surface area contributed by atoms with Gasteiger partial charge in [-0.05, 0) is 34.7 Å². The summed E-state index contributed by atoms with van der Waals surface area (Å²) in [6, 6.07) is 16.1. The van der Waals surface area contributed by atoms with Crippen molar-refractivity contribution in [1.29, 1.82) is 0 Å². The third-order valence-corrected chi connectivity index (χ3v) is 4.18. The van der Waals surface area contributed by atoms with Gasteiger partial charge in [0.15, 0.2) is 5.82 Å². The second-order valence-corrected chi connectivity index (χ2v) is 6.65. The van der Waals surface area contributed by atoms with Crippen molar-refractivity contribution in [1.82, 2.24) is 9.78 Å². The zero-order valence-electron chi connectivity index (χ0n) is 14.9.